The fourth-order valence-corrected chi connectivity index (χ4v) is 1.33. The lowest BCUT2D eigenvalue weighted by molar-refractivity contribution is 0.0833. The highest BCUT2D eigenvalue weighted by Gasteiger charge is 2.11. The van der Waals surface area contributed by atoms with Gasteiger partial charge in [-0.25, -0.2) is 0 Å². The van der Waals surface area contributed by atoms with Crippen molar-refractivity contribution in [3.8, 4) is 11.5 Å². The lowest BCUT2D eigenvalue weighted by atomic mass is 10.2. The summed E-state index contributed by atoms with van der Waals surface area (Å²) < 4.78 is 18.1. The van der Waals surface area contributed by atoms with Crippen molar-refractivity contribution < 1.29 is 13.9 Å². The first kappa shape index (κ1) is 10.4. The molecule has 2 nitrogen and oxygen atoms in total. The summed E-state index contributed by atoms with van der Waals surface area (Å²) in [6, 6.07) is 13.6. The largest absolute Gasteiger partial charge is 0.457 e. The van der Waals surface area contributed by atoms with Crippen LogP contribution in [0.4, 0.5) is 4.39 Å². The number of halogens is 1. The number of rotatable bonds is 3. The fourth-order valence-electron chi connectivity index (χ4n) is 1.33. The molecule has 0 saturated heterocycles. The highest BCUT2D eigenvalue weighted by molar-refractivity contribution is 5.91. The van der Waals surface area contributed by atoms with Crippen molar-refractivity contribution in [2.24, 2.45) is 0 Å². The van der Waals surface area contributed by atoms with Gasteiger partial charge in [-0.2, -0.15) is 4.39 Å². The van der Waals surface area contributed by atoms with Gasteiger partial charge < -0.3 is 4.74 Å². The SMILES string of the molecule is O=C(F)c1ccccc1Oc1ccccc1. The van der Waals surface area contributed by atoms with Crippen molar-refractivity contribution in [2.75, 3.05) is 0 Å². The van der Waals surface area contributed by atoms with E-state index in [2.05, 4.69) is 0 Å². The van der Waals surface area contributed by atoms with Gasteiger partial charge in [-0.05, 0) is 24.3 Å². The summed E-state index contributed by atoms with van der Waals surface area (Å²) in [7, 11) is 0. The molecule has 2 rings (SSSR count). The summed E-state index contributed by atoms with van der Waals surface area (Å²) in [5, 5.41) is 0. The van der Waals surface area contributed by atoms with Crippen LogP contribution in [0.1, 0.15) is 10.4 Å². The van der Waals surface area contributed by atoms with Crippen molar-refractivity contribution in [1.29, 1.82) is 0 Å². The number of benzene rings is 2. The van der Waals surface area contributed by atoms with Gasteiger partial charge in [0, 0.05) is 0 Å². The van der Waals surface area contributed by atoms with E-state index in [1.807, 2.05) is 6.07 Å². The molecular weight excluding hydrogens is 207 g/mol. The predicted molar refractivity (Wildman–Crippen MR) is 58.4 cm³/mol. The van der Waals surface area contributed by atoms with E-state index in [1.165, 1.54) is 6.07 Å². The van der Waals surface area contributed by atoms with Gasteiger partial charge in [0.1, 0.15) is 11.5 Å². The summed E-state index contributed by atoms with van der Waals surface area (Å²) in [6.07, 6.45) is 0. The predicted octanol–water partition coefficient (Wildman–Crippen LogP) is 3.59. The van der Waals surface area contributed by atoms with E-state index in [-0.39, 0.29) is 11.3 Å². The van der Waals surface area contributed by atoms with Gasteiger partial charge in [0.05, 0.1) is 5.56 Å². The normalized spacial score (nSPS) is 9.81. The number of carbonyl (C=O) groups excluding carboxylic acids is 1. The zero-order valence-electron chi connectivity index (χ0n) is 8.39. The van der Waals surface area contributed by atoms with Crippen molar-refractivity contribution in [3.05, 3.63) is 60.2 Å². The van der Waals surface area contributed by atoms with Gasteiger partial charge in [0.15, 0.2) is 0 Å². The number of para-hydroxylation sites is 2. The molecule has 0 aliphatic carbocycles. The zero-order valence-corrected chi connectivity index (χ0v) is 8.39. The Morgan fingerprint density at radius 3 is 2.25 bits per heavy atom. The zero-order chi connectivity index (χ0) is 11.4. The molecule has 2 aromatic carbocycles. The van der Waals surface area contributed by atoms with E-state index >= 15 is 0 Å². The van der Waals surface area contributed by atoms with Crippen LogP contribution in [-0.4, -0.2) is 6.04 Å². The Morgan fingerprint density at radius 1 is 0.938 bits per heavy atom. The highest BCUT2D eigenvalue weighted by Crippen LogP contribution is 2.25. The lowest BCUT2D eigenvalue weighted by Gasteiger charge is -2.07. The minimum atomic E-state index is -1.49. The Labute approximate surface area is 92.3 Å². The second-order valence-corrected chi connectivity index (χ2v) is 3.18. The van der Waals surface area contributed by atoms with E-state index in [4.69, 9.17) is 4.74 Å². The molecule has 0 bridgehead atoms. The Hall–Kier alpha value is -2.16. The summed E-state index contributed by atoms with van der Waals surface area (Å²) in [5.41, 5.74) is -0.0636. The van der Waals surface area contributed by atoms with Crippen LogP contribution >= 0.6 is 0 Å². The molecule has 0 saturated carbocycles. The van der Waals surface area contributed by atoms with Crippen molar-refractivity contribution in [1.82, 2.24) is 0 Å². The van der Waals surface area contributed by atoms with Crippen molar-refractivity contribution in [3.63, 3.8) is 0 Å². The van der Waals surface area contributed by atoms with Crippen LogP contribution in [0.5, 0.6) is 11.5 Å². The quantitative estimate of drug-likeness (QED) is 0.733. The second-order valence-electron chi connectivity index (χ2n) is 3.18. The van der Waals surface area contributed by atoms with Crippen molar-refractivity contribution in [2.45, 2.75) is 0 Å². The number of carbonyl (C=O) groups is 1. The lowest BCUT2D eigenvalue weighted by Crippen LogP contribution is -1.95. The van der Waals surface area contributed by atoms with Crippen LogP contribution in [-0.2, 0) is 0 Å². The first-order valence-corrected chi connectivity index (χ1v) is 4.79. The van der Waals surface area contributed by atoms with E-state index in [1.54, 1.807) is 42.5 Å². The molecule has 0 radical (unpaired) electrons. The second kappa shape index (κ2) is 4.57. The molecule has 0 amide bonds. The summed E-state index contributed by atoms with van der Waals surface area (Å²) in [4.78, 5) is 10.7. The Morgan fingerprint density at radius 2 is 1.56 bits per heavy atom. The molecule has 0 atom stereocenters. The van der Waals surface area contributed by atoms with Gasteiger partial charge in [-0.15, -0.1) is 0 Å². The monoisotopic (exact) mass is 216 g/mol. The Bertz CT molecular complexity index is 494. The summed E-state index contributed by atoms with van der Waals surface area (Å²) in [6.45, 7) is 0. The molecule has 0 N–H and O–H groups in total. The van der Waals surface area contributed by atoms with Gasteiger partial charge in [0.2, 0.25) is 0 Å². The third kappa shape index (κ3) is 2.25. The van der Waals surface area contributed by atoms with Crippen LogP contribution in [0.25, 0.3) is 0 Å². The van der Waals surface area contributed by atoms with Crippen LogP contribution in [0, 0.1) is 0 Å². The molecule has 0 fully saturated rings. The maximum atomic E-state index is 12.7. The molecular formula is C13H9FO2. The molecule has 0 aromatic heterocycles. The standard InChI is InChI=1S/C13H9FO2/c14-13(15)11-8-4-5-9-12(11)16-10-6-2-1-3-7-10/h1-9H. The molecule has 3 heteroatoms. The molecule has 0 unspecified atom stereocenters. The maximum Gasteiger partial charge on any atom is 0.335 e. The number of ether oxygens (including phenoxy) is 1. The van der Waals surface area contributed by atoms with E-state index in [0.29, 0.717) is 5.75 Å². The first-order valence-electron chi connectivity index (χ1n) is 4.79. The molecule has 0 heterocycles. The maximum absolute atomic E-state index is 12.7. The third-order valence-electron chi connectivity index (χ3n) is 2.07. The molecule has 2 aromatic rings. The average molecular weight is 216 g/mol. The minimum Gasteiger partial charge on any atom is -0.457 e. The van der Waals surface area contributed by atoms with Gasteiger partial charge in [-0.1, -0.05) is 30.3 Å². The highest BCUT2D eigenvalue weighted by atomic mass is 19.1. The van der Waals surface area contributed by atoms with Crippen LogP contribution in [0.3, 0.4) is 0 Å². The Balaban J connectivity index is 2.31. The molecule has 16 heavy (non-hydrogen) atoms. The van der Waals surface area contributed by atoms with Gasteiger partial charge >= 0.3 is 6.04 Å². The van der Waals surface area contributed by atoms with Crippen LogP contribution < -0.4 is 4.74 Å². The van der Waals surface area contributed by atoms with Gasteiger partial charge in [-0.3, -0.25) is 4.79 Å². The average Bonchev–Trinajstić information content (AvgIpc) is 2.31. The van der Waals surface area contributed by atoms with E-state index in [9.17, 15) is 9.18 Å². The third-order valence-corrected chi connectivity index (χ3v) is 2.07. The topological polar surface area (TPSA) is 26.3 Å². The van der Waals surface area contributed by atoms with E-state index < -0.39 is 6.04 Å². The number of hydrogen-bond acceptors (Lipinski definition) is 2. The number of hydrogen-bond donors (Lipinski definition) is 0. The van der Waals surface area contributed by atoms with E-state index in [0.717, 1.165) is 0 Å². The first-order chi connectivity index (χ1) is 7.77. The Kier molecular flexibility index (Phi) is 2.96. The van der Waals surface area contributed by atoms with Crippen molar-refractivity contribution >= 4 is 6.04 Å². The van der Waals surface area contributed by atoms with Gasteiger partial charge in [0.25, 0.3) is 0 Å². The molecule has 0 aliphatic heterocycles. The van der Waals surface area contributed by atoms with Crippen LogP contribution in [0.15, 0.2) is 54.6 Å². The summed E-state index contributed by atoms with van der Waals surface area (Å²) >= 11 is 0. The smallest absolute Gasteiger partial charge is 0.335 e. The molecule has 0 spiro atoms. The summed E-state index contributed by atoms with van der Waals surface area (Å²) in [5.74, 6) is 0.789. The molecule has 0 aliphatic rings. The van der Waals surface area contributed by atoms with Crippen LogP contribution in [0.2, 0.25) is 0 Å². The minimum absolute atomic E-state index is 0.0636. The fraction of sp³-hybridized carbons (Fsp3) is 0. The molecule has 80 valence electrons.